The van der Waals surface area contributed by atoms with Crippen LogP contribution < -0.4 is 11.2 Å². The Bertz CT molecular complexity index is 568. The van der Waals surface area contributed by atoms with Crippen molar-refractivity contribution in [1.82, 2.24) is 9.55 Å². The van der Waals surface area contributed by atoms with Gasteiger partial charge in [-0.1, -0.05) is 0 Å². The summed E-state index contributed by atoms with van der Waals surface area (Å²) in [6.45, 7) is -0.227. The largest absolute Gasteiger partial charge is 0.394 e. The molecule has 1 aliphatic carbocycles. The first kappa shape index (κ1) is 10.7. The number of halogens is 1. The predicted molar refractivity (Wildman–Crippen MR) is 54.6 cm³/mol. The molecule has 3 rings (SSSR count). The van der Waals surface area contributed by atoms with E-state index in [1.54, 1.807) is 0 Å². The van der Waals surface area contributed by atoms with Crippen molar-refractivity contribution in [3.8, 4) is 0 Å². The second kappa shape index (κ2) is 3.27. The molecule has 1 saturated heterocycles. The molecule has 0 aromatic carbocycles. The molecule has 0 radical (unpaired) electrons. The number of aliphatic hydroxyl groups is 1. The first-order valence-corrected chi connectivity index (χ1v) is 5.33. The lowest BCUT2D eigenvalue weighted by atomic mass is 10.2. The van der Waals surface area contributed by atoms with Crippen molar-refractivity contribution in [1.29, 1.82) is 0 Å². The fourth-order valence-corrected chi connectivity index (χ4v) is 2.52. The van der Waals surface area contributed by atoms with E-state index in [-0.39, 0.29) is 13.0 Å². The quantitative estimate of drug-likeness (QED) is 0.693. The van der Waals surface area contributed by atoms with E-state index < -0.39 is 35.2 Å². The standard InChI is InChI=1S/C10H11FN2O4/c11-10-3-5(4-14)17-8(10)7(10)13-2-1-6(15)12-9(13)16/h1-2,5,7-8,14H,3-4H2,(H,12,15,16). The molecule has 2 aliphatic rings. The molecule has 7 heteroatoms. The number of hydrogen-bond donors (Lipinski definition) is 2. The van der Waals surface area contributed by atoms with E-state index >= 15 is 0 Å². The molecule has 2 N–H and O–H groups in total. The molecule has 4 atom stereocenters. The van der Waals surface area contributed by atoms with Crippen LogP contribution in [0.4, 0.5) is 4.39 Å². The second-order valence-electron chi connectivity index (χ2n) is 4.45. The molecule has 17 heavy (non-hydrogen) atoms. The highest BCUT2D eigenvalue weighted by Crippen LogP contribution is 2.60. The Balaban J connectivity index is 1.90. The van der Waals surface area contributed by atoms with Crippen LogP contribution in [0.25, 0.3) is 0 Å². The van der Waals surface area contributed by atoms with Crippen LogP contribution in [0.2, 0.25) is 0 Å². The van der Waals surface area contributed by atoms with Crippen LogP contribution in [0, 0.1) is 0 Å². The third kappa shape index (κ3) is 1.39. The number of aromatic amines is 1. The molecule has 4 unspecified atom stereocenters. The van der Waals surface area contributed by atoms with Crippen molar-refractivity contribution in [2.24, 2.45) is 0 Å². The molecule has 2 fully saturated rings. The van der Waals surface area contributed by atoms with Gasteiger partial charge in [0.05, 0.1) is 12.7 Å². The normalized spacial score (nSPS) is 39.1. The van der Waals surface area contributed by atoms with Crippen molar-refractivity contribution in [2.45, 2.75) is 30.3 Å². The average Bonchev–Trinajstić information content (AvgIpc) is 2.66. The lowest BCUT2D eigenvalue weighted by Crippen LogP contribution is -2.31. The summed E-state index contributed by atoms with van der Waals surface area (Å²) in [6, 6.07) is 0.470. The molecule has 92 valence electrons. The minimum atomic E-state index is -1.60. The molecular weight excluding hydrogens is 231 g/mol. The van der Waals surface area contributed by atoms with Crippen LogP contribution in [-0.2, 0) is 4.74 Å². The Morgan fingerprint density at radius 1 is 1.65 bits per heavy atom. The Morgan fingerprint density at radius 3 is 2.94 bits per heavy atom. The van der Waals surface area contributed by atoms with E-state index in [2.05, 4.69) is 4.98 Å². The fourth-order valence-electron chi connectivity index (χ4n) is 2.52. The maximum absolute atomic E-state index is 14.3. The van der Waals surface area contributed by atoms with Crippen molar-refractivity contribution in [2.75, 3.05) is 6.61 Å². The molecule has 1 saturated carbocycles. The number of H-pyrrole nitrogens is 1. The van der Waals surface area contributed by atoms with Crippen molar-refractivity contribution in [3.63, 3.8) is 0 Å². The third-order valence-electron chi connectivity index (χ3n) is 3.38. The Labute approximate surface area is 94.7 Å². The SMILES string of the molecule is O=c1ccn(C2C3OC(CO)CC32F)c(=O)[nH]1. The van der Waals surface area contributed by atoms with E-state index in [1.807, 2.05) is 0 Å². The number of alkyl halides is 1. The van der Waals surface area contributed by atoms with Crippen LogP contribution in [0.1, 0.15) is 12.5 Å². The minimum Gasteiger partial charge on any atom is -0.394 e. The summed E-state index contributed by atoms with van der Waals surface area (Å²) in [7, 11) is 0. The molecule has 0 bridgehead atoms. The van der Waals surface area contributed by atoms with E-state index in [0.29, 0.717) is 0 Å². The number of nitrogens with one attached hydrogen (secondary N) is 1. The molecule has 6 nitrogen and oxygen atoms in total. The number of nitrogens with zero attached hydrogens (tertiary/aromatic N) is 1. The molecule has 1 aromatic rings. The minimum absolute atomic E-state index is 0.0738. The summed E-state index contributed by atoms with van der Waals surface area (Å²) in [5, 5.41) is 8.86. The number of aliphatic hydroxyl groups excluding tert-OH is 1. The van der Waals surface area contributed by atoms with Gasteiger partial charge in [0.25, 0.3) is 5.56 Å². The van der Waals surface area contributed by atoms with Crippen molar-refractivity contribution in [3.05, 3.63) is 33.1 Å². The average molecular weight is 242 g/mol. The number of hydrogen-bond acceptors (Lipinski definition) is 4. The van der Waals surface area contributed by atoms with Crippen LogP contribution in [-0.4, -0.2) is 39.1 Å². The third-order valence-corrected chi connectivity index (χ3v) is 3.38. The smallest absolute Gasteiger partial charge is 0.328 e. The highest BCUT2D eigenvalue weighted by molar-refractivity contribution is 5.23. The molecule has 0 spiro atoms. The monoisotopic (exact) mass is 242 g/mol. The first-order chi connectivity index (χ1) is 8.06. The Hall–Kier alpha value is -1.47. The van der Waals surface area contributed by atoms with Crippen molar-refractivity contribution < 1.29 is 14.2 Å². The van der Waals surface area contributed by atoms with Crippen LogP contribution in [0.5, 0.6) is 0 Å². The predicted octanol–water partition coefficient (Wildman–Crippen LogP) is -1.05. The lowest BCUT2D eigenvalue weighted by molar-refractivity contribution is 0.0206. The van der Waals surface area contributed by atoms with Crippen LogP contribution in [0.3, 0.4) is 0 Å². The van der Waals surface area contributed by atoms with Crippen LogP contribution >= 0.6 is 0 Å². The van der Waals surface area contributed by atoms with Gasteiger partial charge in [-0.05, 0) is 0 Å². The first-order valence-electron chi connectivity index (χ1n) is 5.33. The number of aromatic nitrogens is 2. The van der Waals surface area contributed by atoms with Gasteiger partial charge in [0.1, 0.15) is 12.1 Å². The number of fused-ring (bicyclic) bond motifs is 1. The van der Waals surface area contributed by atoms with Gasteiger partial charge in [-0.25, -0.2) is 9.18 Å². The molecule has 1 aliphatic heterocycles. The summed E-state index contributed by atoms with van der Waals surface area (Å²) in [4.78, 5) is 24.4. The van der Waals surface area contributed by atoms with Crippen molar-refractivity contribution >= 4 is 0 Å². The highest BCUT2D eigenvalue weighted by atomic mass is 19.1. The van der Waals surface area contributed by atoms with Gasteiger partial charge in [0.2, 0.25) is 0 Å². The van der Waals surface area contributed by atoms with E-state index in [9.17, 15) is 14.0 Å². The van der Waals surface area contributed by atoms with Gasteiger partial charge in [0, 0.05) is 18.7 Å². The van der Waals surface area contributed by atoms with E-state index in [4.69, 9.17) is 9.84 Å². The zero-order valence-corrected chi connectivity index (χ0v) is 8.80. The number of ether oxygens (including phenoxy) is 1. The van der Waals surface area contributed by atoms with E-state index in [0.717, 1.165) is 4.57 Å². The van der Waals surface area contributed by atoms with Gasteiger partial charge in [-0.2, -0.15) is 0 Å². The molecule has 1 aromatic heterocycles. The summed E-state index contributed by atoms with van der Waals surface area (Å²) in [5.74, 6) is 0. The second-order valence-corrected chi connectivity index (χ2v) is 4.45. The maximum atomic E-state index is 14.3. The zero-order valence-electron chi connectivity index (χ0n) is 8.80. The molecular formula is C10H11FN2O4. The Morgan fingerprint density at radius 2 is 2.41 bits per heavy atom. The van der Waals surface area contributed by atoms with Gasteiger partial charge in [-0.3, -0.25) is 14.3 Å². The lowest BCUT2D eigenvalue weighted by Gasteiger charge is -2.13. The highest BCUT2D eigenvalue weighted by Gasteiger charge is 2.74. The van der Waals surface area contributed by atoms with Gasteiger partial charge < -0.3 is 9.84 Å². The topological polar surface area (TPSA) is 84.3 Å². The Kier molecular flexibility index (Phi) is 2.05. The van der Waals surface area contributed by atoms with E-state index in [1.165, 1.54) is 12.3 Å². The van der Waals surface area contributed by atoms with Gasteiger partial charge in [0.15, 0.2) is 5.67 Å². The summed E-state index contributed by atoms with van der Waals surface area (Å²) in [5.41, 5.74) is -2.76. The maximum Gasteiger partial charge on any atom is 0.328 e. The fraction of sp³-hybridized carbons (Fsp3) is 0.600. The van der Waals surface area contributed by atoms with Crippen LogP contribution in [0.15, 0.2) is 21.9 Å². The zero-order chi connectivity index (χ0) is 12.2. The summed E-state index contributed by atoms with van der Waals surface area (Å²) < 4.78 is 20.7. The number of rotatable bonds is 2. The summed E-state index contributed by atoms with van der Waals surface area (Å²) >= 11 is 0. The molecule has 2 heterocycles. The summed E-state index contributed by atoms with van der Waals surface area (Å²) in [6.07, 6.45) is 0.135. The van der Waals surface area contributed by atoms with Gasteiger partial charge in [-0.15, -0.1) is 0 Å². The molecule has 0 amide bonds. The van der Waals surface area contributed by atoms with Gasteiger partial charge >= 0.3 is 5.69 Å².